The second-order valence-electron chi connectivity index (χ2n) is 4.07. The fraction of sp³-hybridized carbons (Fsp3) is 0.250. The van der Waals surface area contributed by atoms with Crippen LogP contribution in [0, 0.1) is 0 Å². The van der Waals surface area contributed by atoms with Gasteiger partial charge < -0.3 is 14.6 Å². The van der Waals surface area contributed by atoms with E-state index in [2.05, 4.69) is 0 Å². The van der Waals surface area contributed by atoms with Crippen molar-refractivity contribution < 1.29 is 14.6 Å². The fourth-order valence-corrected chi connectivity index (χ4v) is 2.51. The van der Waals surface area contributed by atoms with Crippen LogP contribution >= 0.6 is 11.8 Å². The van der Waals surface area contributed by atoms with Crippen molar-refractivity contribution in [3.8, 4) is 17.2 Å². The van der Waals surface area contributed by atoms with Crippen molar-refractivity contribution in [2.75, 3.05) is 19.0 Å². The summed E-state index contributed by atoms with van der Waals surface area (Å²) in [5.74, 6) is 2.64. The minimum absolute atomic E-state index is 0.289. The lowest BCUT2D eigenvalue weighted by Crippen LogP contribution is -2.02. The minimum atomic E-state index is 0.289. The van der Waals surface area contributed by atoms with Crippen molar-refractivity contribution in [3.05, 3.63) is 48.5 Å². The Morgan fingerprint density at radius 2 is 1.75 bits per heavy atom. The number of aromatic hydroxyl groups is 1. The van der Waals surface area contributed by atoms with E-state index in [-0.39, 0.29) is 5.75 Å². The van der Waals surface area contributed by atoms with E-state index in [0.29, 0.717) is 13.2 Å². The van der Waals surface area contributed by atoms with Gasteiger partial charge in [-0.3, -0.25) is 0 Å². The first-order valence-corrected chi connectivity index (χ1v) is 7.54. The van der Waals surface area contributed by atoms with E-state index >= 15 is 0 Å². The first kappa shape index (κ1) is 14.6. The maximum absolute atomic E-state index is 9.38. The zero-order valence-electron chi connectivity index (χ0n) is 11.4. The Morgan fingerprint density at radius 1 is 1.00 bits per heavy atom. The van der Waals surface area contributed by atoms with Crippen LogP contribution in [0.4, 0.5) is 0 Å². The normalized spacial score (nSPS) is 10.2. The van der Waals surface area contributed by atoms with Gasteiger partial charge in [0.1, 0.15) is 5.75 Å². The summed E-state index contributed by atoms with van der Waals surface area (Å²) in [5.41, 5.74) is 0. The molecule has 0 radical (unpaired) electrons. The molecule has 0 saturated carbocycles. The third-order valence-corrected chi connectivity index (χ3v) is 3.53. The Labute approximate surface area is 123 Å². The number of hydrogen-bond donors (Lipinski definition) is 1. The number of rotatable bonds is 7. The van der Waals surface area contributed by atoms with Crippen LogP contribution in [0.5, 0.6) is 17.2 Å². The van der Waals surface area contributed by atoms with Crippen molar-refractivity contribution in [1.29, 1.82) is 0 Å². The van der Waals surface area contributed by atoms with E-state index in [4.69, 9.17) is 9.47 Å². The number of phenols is 1. The third kappa shape index (κ3) is 4.38. The minimum Gasteiger partial charge on any atom is -0.508 e. The van der Waals surface area contributed by atoms with Crippen LogP contribution in [0.1, 0.15) is 6.92 Å². The zero-order chi connectivity index (χ0) is 14.2. The molecule has 0 spiro atoms. The van der Waals surface area contributed by atoms with Gasteiger partial charge in [-0.2, -0.15) is 0 Å². The average molecular weight is 290 g/mol. The highest BCUT2D eigenvalue weighted by Gasteiger charge is 2.03. The molecular formula is C16H18O3S. The highest BCUT2D eigenvalue weighted by molar-refractivity contribution is 7.99. The van der Waals surface area contributed by atoms with E-state index in [1.54, 1.807) is 23.9 Å². The Balaban J connectivity index is 1.81. The van der Waals surface area contributed by atoms with Crippen LogP contribution < -0.4 is 9.47 Å². The number of para-hydroxylation sites is 2. The smallest absolute Gasteiger partial charge is 0.161 e. The topological polar surface area (TPSA) is 38.7 Å². The summed E-state index contributed by atoms with van der Waals surface area (Å²) < 4.78 is 11.2. The van der Waals surface area contributed by atoms with E-state index in [0.717, 1.165) is 22.1 Å². The number of thioether (sulfide) groups is 1. The van der Waals surface area contributed by atoms with Crippen molar-refractivity contribution in [3.63, 3.8) is 0 Å². The van der Waals surface area contributed by atoms with Gasteiger partial charge in [0, 0.05) is 10.6 Å². The molecule has 0 aliphatic heterocycles. The number of ether oxygens (including phenoxy) is 2. The summed E-state index contributed by atoms with van der Waals surface area (Å²) >= 11 is 1.65. The first-order valence-electron chi connectivity index (χ1n) is 6.56. The van der Waals surface area contributed by atoms with Crippen LogP contribution in [0.3, 0.4) is 0 Å². The Bertz CT molecular complexity index is 543. The summed E-state index contributed by atoms with van der Waals surface area (Å²) in [6.07, 6.45) is 0. The quantitative estimate of drug-likeness (QED) is 0.619. The molecule has 0 aliphatic carbocycles. The third-order valence-electron chi connectivity index (χ3n) is 2.58. The van der Waals surface area contributed by atoms with Crippen LogP contribution in [0.25, 0.3) is 0 Å². The summed E-state index contributed by atoms with van der Waals surface area (Å²) in [6, 6.07) is 14.9. The van der Waals surface area contributed by atoms with Crippen LogP contribution in [0.2, 0.25) is 0 Å². The van der Waals surface area contributed by atoms with Gasteiger partial charge in [-0.05, 0) is 37.3 Å². The predicted octanol–water partition coefficient (Wildman–Crippen LogP) is 3.96. The van der Waals surface area contributed by atoms with Crippen molar-refractivity contribution >= 4 is 11.8 Å². The summed E-state index contributed by atoms with van der Waals surface area (Å²) in [4.78, 5) is 1.03. The van der Waals surface area contributed by atoms with Gasteiger partial charge in [-0.15, -0.1) is 11.8 Å². The molecule has 0 aliphatic rings. The maximum atomic E-state index is 9.38. The van der Waals surface area contributed by atoms with E-state index in [9.17, 15) is 5.11 Å². The Kier molecular flexibility index (Phi) is 5.62. The molecule has 0 fully saturated rings. The standard InChI is InChI=1S/C16H18O3S/c1-2-18-15-8-3-4-9-16(15)19-10-11-20-14-7-5-6-13(17)12-14/h3-9,12,17H,2,10-11H2,1H3. The first-order chi connectivity index (χ1) is 9.79. The van der Waals surface area contributed by atoms with E-state index in [1.165, 1.54) is 0 Å². The Hall–Kier alpha value is -1.81. The molecule has 0 atom stereocenters. The van der Waals surface area contributed by atoms with E-state index < -0.39 is 0 Å². The summed E-state index contributed by atoms with van der Waals surface area (Å²) in [7, 11) is 0. The van der Waals surface area contributed by atoms with Gasteiger partial charge in [0.25, 0.3) is 0 Å². The van der Waals surface area contributed by atoms with Gasteiger partial charge >= 0.3 is 0 Å². The van der Waals surface area contributed by atoms with Gasteiger partial charge in [-0.1, -0.05) is 18.2 Å². The molecule has 3 nitrogen and oxygen atoms in total. The SMILES string of the molecule is CCOc1ccccc1OCCSc1cccc(O)c1. The van der Waals surface area contributed by atoms with Gasteiger partial charge in [-0.25, -0.2) is 0 Å². The molecule has 0 aromatic heterocycles. The van der Waals surface area contributed by atoms with Gasteiger partial charge in [0.05, 0.1) is 13.2 Å². The zero-order valence-corrected chi connectivity index (χ0v) is 12.2. The van der Waals surface area contributed by atoms with Gasteiger partial charge in [0.2, 0.25) is 0 Å². The highest BCUT2D eigenvalue weighted by Crippen LogP contribution is 2.27. The molecule has 0 bridgehead atoms. The summed E-state index contributed by atoms with van der Waals surface area (Å²) in [6.45, 7) is 3.16. The number of benzene rings is 2. The van der Waals surface area contributed by atoms with Crippen LogP contribution in [-0.4, -0.2) is 24.1 Å². The maximum Gasteiger partial charge on any atom is 0.161 e. The molecule has 0 unspecified atom stereocenters. The second-order valence-corrected chi connectivity index (χ2v) is 5.24. The van der Waals surface area contributed by atoms with Crippen LogP contribution in [-0.2, 0) is 0 Å². The lowest BCUT2D eigenvalue weighted by atomic mass is 10.3. The molecule has 0 saturated heterocycles. The van der Waals surface area contributed by atoms with Gasteiger partial charge in [0.15, 0.2) is 11.5 Å². The lowest BCUT2D eigenvalue weighted by molar-refractivity contribution is 0.289. The highest BCUT2D eigenvalue weighted by atomic mass is 32.2. The molecule has 2 aromatic carbocycles. The molecule has 1 N–H and O–H groups in total. The lowest BCUT2D eigenvalue weighted by Gasteiger charge is -2.11. The molecule has 4 heteroatoms. The molecule has 2 rings (SSSR count). The van der Waals surface area contributed by atoms with Crippen molar-refractivity contribution in [2.45, 2.75) is 11.8 Å². The van der Waals surface area contributed by atoms with E-state index in [1.807, 2.05) is 43.3 Å². The molecular weight excluding hydrogens is 272 g/mol. The molecule has 0 heterocycles. The summed E-state index contributed by atoms with van der Waals surface area (Å²) in [5, 5.41) is 9.38. The van der Waals surface area contributed by atoms with Crippen molar-refractivity contribution in [1.82, 2.24) is 0 Å². The predicted molar refractivity (Wildman–Crippen MR) is 81.9 cm³/mol. The van der Waals surface area contributed by atoms with Crippen LogP contribution in [0.15, 0.2) is 53.4 Å². The molecule has 0 amide bonds. The average Bonchev–Trinajstić information content (AvgIpc) is 2.46. The molecule has 20 heavy (non-hydrogen) atoms. The second kappa shape index (κ2) is 7.70. The number of phenolic OH excluding ortho intramolecular Hbond substituents is 1. The molecule has 2 aromatic rings. The fourth-order valence-electron chi connectivity index (χ4n) is 1.73. The molecule has 106 valence electrons. The monoisotopic (exact) mass is 290 g/mol. The number of hydrogen-bond acceptors (Lipinski definition) is 4. The largest absolute Gasteiger partial charge is 0.508 e. The van der Waals surface area contributed by atoms with Crippen molar-refractivity contribution in [2.24, 2.45) is 0 Å². The Morgan fingerprint density at radius 3 is 2.45 bits per heavy atom.